The van der Waals surface area contributed by atoms with Crippen LogP contribution < -0.4 is 4.74 Å². The van der Waals surface area contributed by atoms with Crippen molar-refractivity contribution in [3.05, 3.63) is 82.7 Å². The Morgan fingerprint density at radius 2 is 1.43 bits per heavy atom. The van der Waals surface area contributed by atoms with Crippen molar-refractivity contribution in [3.8, 4) is 16.9 Å². The Balaban J connectivity index is 0.00000153. The van der Waals surface area contributed by atoms with Crippen LogP contribution in [0.3, 0.4) is 0 Å². The van der Waals surface area contributed by atoms with Crippen LogP contribution in [-0.2, 0) is 19.8 Å². The van der Waals surface area contributed by atoms with Crippen LogP contribution in [0, 0.1) is 26.2 Å². The van der Waals surface area contributed by atoms with Crippen LogP contribution in [0.25, 0.3) is 11.1 Å². The summed E-state index contributed by atoms with van der Waals surface area (Å²) in [6.07, 6.45) is 6.07. The van der Waals surface area contributed by atoms with Gasteiger partial charge in [-0.3, -0.25) is 9.78 Å². The van der Waals surface area contributed by atoms with Crippen molar-refractivity contribution in [2.45, 2.75) is 73.6 Å². The van der Waals surface area contributed by atoms with Gasteiger partial charge in [0.15, 0.2) is 5.78 Å². The summed E-state index contributed by atoms with van der Waals surface area (Å²) in [5.74, 6) is 0.882. The van der Waals surface area contributed by atoms with Crippen LogP contribution in [0.1, 0.15) is 75.3 Å². The molecule has 0 radical (unpaired) electrons. The highest BCUT2D eigenvalue weighted by Gasteiger charge is 2.31. The van der Waals surface area contributed by atoms with Crippen LogP contribution in [0.2, 0.25) is 0 Å². The lowest BCUT2D eigenvalue weighted by Gasteiger charge is -2.34. The van der Waals surface area contributed by atoms with E-state index >= 15 is 0 Å². The first kappa shape index (κ1) is 29.7. The first-order chi connectivity index (χ1) is 17.4. The first-order valence-electron chi connectivity index (χ1n) is 12.7. The van der Waals surface area contributed by atoms with E-state index in [0.29, 0.717) is 0 Å². The summed E-state index contributed by atoms with van der Waals surface area (Å²) < 4.78 is 5.90. The quantitative estimate of drug-likeness (QED) is 0.327. The fraction of sp³-hybridized carbons (Fsp3) is 0.406. The Morgan fingerprint density at radius 1 is 0.865 bits per heavy atom. The molecule has 0 saturated carbocycles. The SMILES string of the molecule is CCC(CC)(c1ccc(OCC(=O)C(C)(C)C)c(C)c1)c1ccc(-c2cncc(C)c2)c(C)c1.O=C=O. The number of carbonyl (C=O) groups excluding carboxylic acids is 3. The topological polar surface area (TPSA) is 73.3 Å². The van der Waals surface area contributed by atoms with Crippen molar-refractivity contribution in [2.75, 3.05) is 6.61 Å². The Bertz CT molecular complexity index is 1260. The largest absolute Gasteiger partial charge is 0.486 e. The Labute approximate surface area is 221 Å². The summed E-state index contributed by atoms with van der Waals surface area (Å²) >= 11 is 0. The van der Waals surface area contributed by atoms with Gasteiger partial charge in [-0.2, -0.15) is 9.59 Å². The molecule has 0 fully saturated rings. The molecule has 3 rings (SSSR count). The van der Waals surface area contributed by atoms with Gasteiger partial charge in [0.1, 0.15) is 12.4 Å². The van der Waals surface area contributed by atoms with Crippen molar-refractivity contribution < 1.29 is 19.1 Å². The van der Waals surface area contributed by atoms with Crippen LogP contribution in [0.4, 0.5) is 0 Å². The molecule has 3 aromatic rings. The second-order valence-corrected chi connectivity index (χ2v) is 10.6. The summed E-state index contributed by atoms with van der Waals surface area (Å²) in [6.45, 7) is 16.7. The van der Waals surface area contributed by atoms with E-state index in [1.165, 1.54) is 27.8 Å². The molecule has 0 aliphatic rings. The third-order valence-electron chi connectivity index (χ3n) is 7.09. The molecule has 0 atom stereocenters. The van der Waals surface area contributed by atoms with E-state index in [2.05, 4.69) is 76.0 Å². The Morgan fingerprint density at radius 3 is 1.92 bits per heavy atom. The molecule has 0 unspecified atom stereocenters. The lowest BCUT2D eigenvalue weighted by Crippen LogP contribution is -2.27. The van der Waals surface area contributed by atoms with Crippen LogP contribution in [-0.4, -0.2) is 23.5 Å². The van der Waals surface area contributed by atoms with Gasteiger partial charge in [0.2, 0.25) is 0 Å². The van der Waals surface area contributed by atoms with Crippen LogP contribution >= 0.6 is 0 Å². The normalized spacial score (nSPS) is 11.2. The standard InChI is InChI=1S/C31H39NO2.CO2/c1-9-31(10-2,25-11-13-27(22(4)16-25)24-15-21(3)18-32-19-24)26-12-14-28(23(5)17-26)34-20-29(33)30(6,7)8;2-1-3/h11-19H,9-10,20H2,1-8H3;. The van der Waals surface area contributed by atoms with Gasteiger partial charge in [0.05, 0.1) is 0 Å². The highest BCUT2D eigenvalue weighted by molar-refractivity contribution is 5.85. The number of aryl methyl sites for hydroxylation is 3. The molecule has 2 aromatic carbocycles. The molecule has 1 heterocycles. The van der Waals surface area contributed by atoms with Gasteiger partial charge in [-0.1, -0.05) is 65.0 Å². The molecular formula is C32H39NO4. The third-order valence-corrected chi connectivity index (χ3v) is 7.09. The maximum atomic E-state index is 12.3. The number of nitrogens with zero attached hydrogens (tertiary/aromatic N) is 1. The lowest BCUT2D eigenvalue weighted by molar-refractivity contribution is -0.191. The van der Waals surface area contributed by atoms with Crippen molar-refractivity contribution in [3.63, 3.8) is 0 Å². The van der Waals surface area contributed by atoms with E-state index in [1.807, 2.05) is 39.2 Å². The molecule has 0 saturated heterocycles. The zero-order valence-electron chi connectivity index (χ0n) is 23.4. The van der Waals surface area contributed by atoms with Gasteiger partial charge < -0.3 is 4.74 Å². The summed E-state index contributed by atoms with van der Waals surface area (Å²) in [4.78, 5) is 32.9. The number of benzene rings is 2. The zero-order chi connectivity index (χ0) is 27.8. The smallest absolute Gasteiger partial charge is 0.373 e. The maximum Gasteiger partial charge on any atom is 0.373 e. The average molecular weight is 502 g/mol. The molecule has 5 heteroatoms. The Kier molecular flexibility index (Phi) is 10.1. The number of hydrogen-bond acceptors (Lipinski definition) is 5. The molecule has 0 aliphatic heterocycles. The molecule has 5 nitrogen and oxygen atoms in total. The van der Waals surface area contributed by atoms with Gasteiger partial charge >= 0.3 is 6.15 Å². The number of ether oxygens (including phenoxy) is 1. The van der Waals surface area contributed by atoms with Crippen molar-refractivity contribution in [1.29, 1.82) is 0 Å². The van der Waals surface area contributed by atoms with Gasteiger partial charge in [-0.25, -0.2) is 0 Å². The fourth-order valence-corrected chi connectivity index (χ4v) is 4.69. The minimum absolute atomic E-state index is 0.0847. The van der Waals surface area contributed by atoms with Gasteiger partial charge in [0.25, 0.3) is 0 Å². The molecule has 1 aromatic heterocycles. The molecule has 0 aliphatic carbocycles. The van der Waals surface area contributed by atoms with E-state index in [4.69, 9.17) is 14.3 Å². The molecule has 0 spiro atoms. The van der Waals surface area contributed by atoms with Gasteiger partial charge in [-0.05, 0) is 79.1 Å². The zero-order valence-corrected chi connectivity index (χ0v) is 23.4. The summed E-state index contributed by atoms with van der Waals surface area (Å²) in [7, 11) is 0. The van der Waals surface area contributed by atoms with E-state index < -0.39 is 5.41 Å². The number of Topliss-reactive ketones (excluding diaryl/α,β-unsaturated/α-hetero) is 1. The third kappa shape index (κ3) is 7.02. The summed E-state index contributed by atoms with van der Waals surface area (Å²) in [6, 6.07) is 15.5. The fourth-order valence-electron chi connectivity index (χ4n) is 4.69. The molecular weight excluding hydrogens is 462 g/mol. The number of hydrogen-bond donors (Lipinski definition) is 0. The number of pyridine rings is 1. The minimum Gasteiger partial charge on any atom is -0.486 e. The predicted octanol–water partition coefficient (Wildman–Crippen LogP) is 7.19. The van der Waals surface area contributed by atoms with Crippen molar-refractivity contribution in [2.24, 2.45) is 5.41 Å². The van der Waals surface area contributed by atoms with E-state index in [9.17, 15) is 4.79 Å². The summed E-state index contributed by atoms with van der Waals surface area (Å²) in [5.41, 5.74) is 8.00. The summed E-state index contributed by atoms with van der Waals surface area (Å²) in [5, 5.41) is 0. The number of rotatable bonds is 8. The highest BCUT2D eigenvalue weighted by atomic mass is 16.5. The minimum atomic E-state index is -0.397. The Hall–Kier alpha value is -3.56. The van der Waals surface area contributed by atoms with E-state index in [0.717, 1.165) is 29.7 Å². The second-order valence-electron chi connectivity index (χ2n) is 10.6. The van der Waals surface area contributed by atoms with Gasteiger partial charge in [0, 0.05) is 28.8 Å². The first-order valence-corrected chi connectivity index (χ1v) is 12.7. The van der Waals surface area contributed by atoms with Crippen LogP contribution in [0.5, 0.6) is 5.75 Å². The van der Waals surface area contributed by atoms with Crippen molar-refractivity contribution in [1.82, 2.24) is 4.98 Å². The van der Waals surface area contributed by atoms with Crippen LogP contribution in [0.15, 0.2) is 54.9 Å². The van der Waals surface area contributed by atoms with Crippen molar-refractivity contribution >= 4 is 11.9 Å². The lowest BCUT2D eigenvalue weighted by atomic mass is 9.69. The number of aromatic nitrogens is 1. The number of ketones is 1. The van der Waals surface area contributed by atoms with E-state index in [-0.39, 0.29) is 24.0 Å². The second kappa shape index (κ2) is 12.6. The van der Waals surface area contributed by atoms with Gasteiger partial charge in [-0.15, -0.1) is 0 Å². The average Bonchev–Trinajstić information content (AvgIpc) is 2.84. The highest BCUT2D eigenvalue weighted by Crippen LogP contribution is 2.41. The molecule has 0 N–H and O–H groups in total. The maximum absolute atomic E-state index is 12.3. The number of carbonyl (C=O) groups is 1. The van der Waals surface area contributed by atoms with E-state index in [1.54, 1.807) is 0 Å². The monoisotopic (exact) mass is 501 g/mol. The molecule has 37 heavy (non-hydrogen) atoms. The molecule has 0 bridgehead atoms. The molecule has 196 valence electrons. The molecule has 0 amide bonds. The predicted molar refractivity (Wildman–Crippen MR) is 147 cm³/mol.